The molecule has 4 rings (SSSR count). The van der Waals surface area contributed by atoms with Crippen molar-refractivity contribution in [2.24, 2.45) is 5.10 Å². The van der Waals surface area contributed by atoms with Crippen LogP contribution in [0.1, 0.15) is 29.7 Å². The number of carbonyl (C=O) groups excluding carboxylic acids is 1. The smallest absolute Gasteiger partial charge is 0.338 e. The largest absolute Gasteiger partial charge is 0.352 e. The van der Waals surface area contributed by atoms with E-state index in [1.165, 1.54) is 23.0 Å². The van der Waals surface area contributed by atoms with E-state index in [4.69, 9.17) is 0 Å². The number of anilines is 1. The van der Waals surface area contributed by atoms with Crippen LogP contribution in [-0.2, 0) is 0 Å². The molecular weight excluding hydrogens is 439 g/mol. The van der Waals surface area contributed by atoms with Crippen molar-refractivity contribution >= 4 is 18.2 Å². The van der Waals surface area contributed by atoms with Gasteiger partial charge in [0, 0.05) is 31.8 Å². The molecule has 3 aromatic rings. The van der Waals surface area contributed by atoms with E-state index in [0.29, 0.717) is 23.6 Å². The zero-order valence-electron chi connectivity index (χ0n) is 17.8. The van der Waals surface area contributed by atoms with Crippen LogP contribution in [0.3, 0.4) is 0 Å². The summed E-state index contributed by atoms with van der Waals surface area (Å²) in [6.45, 7) is 3.75. The SMILES string of the molecule is Cc1nc(C)n(-c2nc(NCCNC(=O)N3N=CC[C@H]3c3cc(F)cc(F)c3)ncc2F)n1. The third-order valence-corrected chi connectivity index (χ3v) is 4.79. The van der Waals surface area contributed by atoms with E-state index in [9.17, 15) is 18.0 Å². The summed E-state index contributed by atoms with van der Waals surface area (Å²) in [5.74, 6) is -1.07. The summed E-state index contributed by atoms with van der Waals surface area (Å²) in [6, 6.07) is 1.97. The minimum Gasteiger partial charge on any atom is -0.352 e. The zero-order chi connectivity index (χ0) is 23.5. The van der Waals surface area contributed by atoms with Crippen LogP contribution in [0.2, 0.25) is 0 Å². The first-order valence-electron chi connectivity index (χ1n) is 10.0. The Labute approximate surface area is 186 Å². The van der Waals surface area contributed by atoms with Crippen molar-refractivity contribution in [2.45, 2.75) is 26.3 Å². The van der Waals surface area contributed by atoms with Gasteiger partial charge >= 0.3 is 6.03 Å². The molecule has 2 aromatic heterocycles. The van der Waals surface area contributed by atoms with Gasteiger partial charge in [-0.05, 0) is 31.5 Å². The van der Waals surface area contributed by atoms with Gasteiger partial charge in [-0.25, -0.2) is 32.9 Å². The lowest BCUT2D eigenvalue weighted by atomic mass is 10.0. The number of nitrogens with zero attached hydrogens (tertiary/aromatic N) is 7. The number of carbonyl (C=O) groups is 1. The highest BCUT2D eigenvalue weighted by atomic mass is 19.1. The Morgan fingerprint density at radius 1 is 1.12 bits per heavy atom. The summed E-state index contributed by atoms with van der Waals surface area (Å²) in [4.78, 5) is 24.7. The highest BCUT2D eigenvalue weighted by Crippen LogP contribution is 2.29. The number of urea groups is 1. The highest BCUT2D eigenvalue weighted by molar-refractivity contribution is 5.78. The minimum atomic E-state index is -0.726. The zero-order valence-corrected chi connectivity index (χ0v) is 17.8. The lowest BCUT2D eigenvalue weighted by Gasteiger charge is -2.22. The van der Waals surface area contributed by atoms with E-state index in [1.54, 1.807) is 13.8 Å². The number of rotatable bonds is 6. The molecule has 10 nitrogen and oxygen atoms in total. The summed E-state index contributed by atoms with van der Waals surface area (Å²) >= 11 is 0. The van der Waals surface area contributed by atoms with E-state index in [2.05, 4.69) is 35.8 Å². The van der Waals surface area contributed by atoms with Crippen molar-refractivity contribution in [2.75, 3.05) is 18.4 Å². The van der Waals surface area contributed by atoms with Crippen molar-refractivity contribution < 1.29 is 18.0 Å². The maximum absolute atomic E-state index is 14.2. The molecule has 2 N–H and O–H groups in total. The molecule has 1 atom stereocenters. The molecule has 0 fully saturated rings. The van der Waals surface area contributed by atoms with Gasteiger partial charge in [0.05, 0.1) is 12.2 Å². The van der Waals surface area contributed by atoms with Crippen molar-refractivity contribution in [1.82, 2.24) is 35.1 Å². The molecule has 0 spiro atoms. The number of aryl methyl sites for hydroxylation is 2. The fourth-order valence-corrected chi connectivity index (χ4v) is 3.39. The topological polar surface area (TPSA) is 113 Å². The molecule has 0 bridgehead atoms. The fraction of sp³-hybridized carbons (Fsp3) is 0.300. The molecule has 0 radical (unpaired) electrons. The van der Waals surface area contributed by atoms with Gasteiger partial charge in [-0.1, -0.05) is 0 Å². The normalized spacial score (nSPS) is 15.2. The van der Waals surface area contributed by atoms with Crippen molar-refractivity contribution in [3.05, 3.63) is 59.1 Å². The number of hydrogen-bond donors (Lipinski definition) is 2. The third kappa shape index (κ3) is 4.91. The summed E-state index contributed by atoms with van der Waals surface area (Å²) < 4.78 is 42.6. The molecule has 3 heterocycles. The average Bonchev–Trinajstić information content (AvgIpc) is 3.38. The van der Waals surface area contributed by atoms with E-state index >= 15 is 0 Å². The molecule has 1 aliphatic heterocycles. The fourth-order valence-electron chi connectivity index (χ4n) is 3.39. The number of amides is 2. The molecule has 0 aliphatic carbocycles. The number of nitrogens with one attached hydrogen (secondary N) is 2. The monoisotopic (exact) mass is 459 g/mol. The molecule has 0 saturated heterocycles. The maximum atomic E-state index is 14.2. The second-order valence-electron chi connectivity index (χ2n) is 7.24. The lowest BCUT2D eigenvalue weighted by molar-refractivity contribution is 0.186. The van der Waals surface area contributed by atoms with Crippen LogP contribution in [0.15, 0.2) is 29.5 Å². The lowest BCUT2D eigenvalue weighted by Crippen LogP contribution is -2.39. The second kappa shape index (κ2) is 9.22. The van der Waals surface area contributed by atoms with E-state index < -0.39 is 29.5 Å². The molecule has 2 amide bonds. The van der Waals surface area contributed by atoms with Crippen LogP contribution in [-0.4, -0.2) is 55.1 Å². The molecular formula is C20H20F3N9O. The molecule has 13 heteroatoms. The molecule has 1 aliphatic rings. The minimum absolute atomic E-state index is 0.0498. The Balaban J connectivity index is 1.34. The quantitative estimate of drug-likeness (QED) is 0.548. The van der Waals surface area contributed by atoms with Crippen LogP contribution in [0, 0.1) is 31.3 Å². The second-order valence-corrected chi connectivity index (χ2v) is 7.24. The number of benzene rings is 1. The van der Waals surface area contributed by atoms with E-state index in [-0.39, 0.29) is 24.9 Å². The predicted octanol–water partition coefficient (Wildman–Crippen LogP) is 2.65. The van der Waals surface area contributed by atoms with Crippen LogP contribution < -0.4 is 10.6 Å². The van der Waals surface area contributed by atoms with Gasteiger partial charge < -0.3 is 10.6 Å². The Kier molecular flexibility index (Phi) is 6.20. The Morgan fingerprint density at radius 3 is 2.58 bits per heavy atom. The number of halogens is 3. The number of aromatic nitrogens is 5. The summed E-state index contributed by atoms with van der Waals surface area (Å²) in [5, 5.41) is 14.8. The van der Waals surface area contributed by atoms with Gasteiger partial charge in [0.15, 0.2) is 11.6 Å². The van der Waals surface area contributed by atoms with Crippen molar-refractivity contribution in [1.29, 1.82) is 0 Å². The first-order chi connectivity index (χ1) is 15.8. The predicted molar refractivity (Wildman–Crippen MR) is 112 cm³/mol. The standard InChI is InChI=1S/C20H20F3N9O/c1-11-28-12(2)31(30-11)18-16(23)10-26-19(29-18)24-5-6-25-20(33)32-17(3-4-27-32)13-7-14(21)9-15(22)8-13/h4,7-10,17H,3,5-6H2,1-2H3,(H,25,33)(H,24,26,29)/t17-/m0/s1. The van der Waals surface area contributed by atoms with Gasteiger partial charge in [-0.3, -0.25) is 0 Å². The van der Waals surface area contributed by atoms with Gasteiger partial charge in [-0.2, -0.15) is 14.8 Å². The number of hydrazone groups is 1. The maximum Gasteiger partial charge on any atom is 0.338 e. The van der Waals surface area contributed by atoms with E-state index in [0.717, 1.165) is 17.3 Å². The van der Waals surface area contributed by atoms with Crippen molar-refractivity contribution in [3.8, 4) is 5.82 Å². The van der Waals surface area contributed by atoms with Crippen LogP contribution in [0.5, 0.6) is 0 Å². The van der Waals surface area contributed by atoms with E-state index in [1.807, 2.05) is 0 Å². The van der Waals surface area contributed by atoms with Crippen LogP contribution in [0.4, 0.5) is 23.9 Å². The van der Waals surface area contributed by atoms with Crippen molar-refractivity contribution in [3.63, 3.8) is 0 Å². The van der Waals surface area contributed by atoms with Crippen LogP contribution >= 0.6 is 0 Å². The molecule has 0 unspecified atom stereocenters. The molecule has 33 heavy (non-hydrogen) atoms. The Bertz CT molecular complexity index is 1190. The highest BCUT2D eigenvalue weighted by Gasteiger charge is 2.28. The number of hydrogen-bond acceptors (Lipinski definition) is 7. The first-order valence-corrected chi connectivity index (χ1v) is 10.0. The van der Waals surface area contributed by atoms with Gasteiger partial charge in [0.1, 0.15) is 23.3 Å². The molecule has 0 saturated carbocycles. The first kappa shape index (κ1) is 22.2. The van der Waals surface area contributed by atoms with Gasteiger partial charge in [0.25, 0.3) is 0 Å². The average molecular weight is 459 g/mol. The summed E-state index contributed by atoms with van der Waals surface area (Å²) in [7, 11) is 0. The summed E-state index contributed by atoms with van der Waals surface area (Å²) in [6.07, 6.45) is 2.86. The summed E-state index contributed by atoms with van der Waals surface area (Å²) in [5.41, 5.74) is 0.309. The third-order valence-electron chi connectivity index (χ3n) is 4.79. The Hall–Kier alpha value is -4.03. The molecule has 172 valence electrons. The van der Waals surface area contributed by atoms with Gasteiger partial charge in [-0.15, -0.1) is 5.10 Å². The Morgan fingerprint density at radius 2 is 1.88 bits per heavy atom. The molecule has 1 aromatic carbocycles. The van der Waals surface area contributed by atoms with Crippen LogP contribution in [0.25, 0.3) is 5.82 Å². The van der Waals surface area contributed by atoms with Gasteiger partial charge in [0.2, 0.25) is 5.95 Å².